The molecule has 4 N–H and O–H groups in total. The van der Waals surface area contributed by atoms with Gasteiger partial charge in [-0.05, 0) is 37.0 Å². The monoisotopic (exact) mass is 412 g/mol. The third-order valence-electron chi connectivity index (χ3n) is 4.52. The number of halogens is 1. The minimum Gasteiger partial charge on any atom is -0.495 e. The maximum absolute atomic E-state index is 12.2. The molecule has 1 aliphatic rings. The number of carbonyl (C=O) groups excluding carboxylic acids is 3. The Hall–Kier alpha value is -2.32. The lowest BCUT2D eigenvalue weighted by Gasteiger charge is -2.28. The molecule has 28 heavy (non-hydrogen) atoms. The number of anilines is 2. The summed E-state index contributed by atoms with van der Waals surface area (Å²) in [5.74, 6) is -0.147. The van der Waals surface area contributed by atoms with E-state index in [-0.39, 0.29) is 42.6 Å². The van der Waals surface area contributed by atoms with Crippen LogP contribution in [0.3, 0.4) is 0 Å². The zero-order valence-corrected chi connectivity index (χ0v) is 17.3. The number of hydrogen-bond donors (Lipinski definition) is 3. The number of nitrogens with two attached hydrogens (primary N) is 1. The first-order chi connectivity index (χ1) is 12.8. The molecule has 1 aliphatic heterocycles. The van der Waals surface area contributed by atoms with Crippen molar-refractivity contribution in [3.63, 3.8) is 0 Å². The molecular formula is C19H29ClN4O4. The second kappa shape index (κ2) is 10.9. The number of nitrogens with zero attached hydrogens (tertiary/aromatic N) is 1. The fourth-order valence-corrected chi connectivity index (χ4v) is 2.83. The van der Waals surface area contributed by atoms with E-state index in [4.69, 9.17) is 10.5 Å². The summed E-state index contributed by atoms with van der Waals surface area (Å²) < 4.78 is 5.36. The van der Waals surface area contributed by atoms with Crippen LogP contribution in [0.5, 0.6) is 5.75 Å². The van der Waals surface area contributed by atoms with Crippen molar-refractivity contribution in [2.75, 3.05) is 30.4 Å². The number of rotatable bonds is 7. The van der Waals surface area contributed by atoms with Crippen LogP contribution in [0.4, 0.5) is 11.4 Å². The molecule has 2 rings (SSSR count). The maximum atomic E-state index is 12.2. The Morgan fingerprint density at radius 3 is 2.61 bits per heavy atom. The third kappa shape index (κ3) is 6.10. The average molecular weight is 413 g/mol. The number of amides is 3. The van der Waals surface area contributed by atoms with E-state index in [2.05, 4.69) is 10.6 Å². The van der Waals surface area contributed by atoms with E-state index in [1.807, 2.05) is 13.8 Å². The maximum Gasteiger partial charge on any atom is 0.243 e. The summed E-state index contributed by atoms with van der Waals surface area (Å²) in [4.78, 5) is 37.9. The van der Waals surface area contributed by atoms with Crippen molar-refractivity contribution in [1.29, 1.82) is 0 Å². The van der Waals surface area contributed by atoms with Crippen LogP contribution in [0.1, 0.15) is 33.1 Å². The Balaban J connectivity index is 0.00000392. The lowest BCUT2D eigenvalue weighted by Crippen LogP contribution is -2.46. The van der Waals surface area contributed by atoms with Gasteiger partial charge in [-0.15, -0.1) is 12.4 Å². The highest BCUT2D eigenvalue weighted by Crippen LogP contribution is 2.33. The molecule has 1 aromatic rings. The summed E-state index contributed by atoms with van der Waals surface area (Å²) in [5.41, 5.74) is 6.91. The predicted octanol–water partition coefficient (Wildman–Crippen LogP) is 1.67. The van der Waals surface area contributed by atoms with Gasteiger partial charge in [0, 0.05) is 18.7 Å². The number of carbonyl (C=O) groups is 3. The molecule has 1 fully saturated rings. The molecule has 0 aromatic heterocycles. The highest BCUT2D eigenvalue weighted by molar-refractivity contribution is 5.98. The summed E-state index contributed by atoms with van der Waals surface area (Å²) in [6.45, 7) is 4.12. The summed E-state index contributed by atoms with van der Waals surface area (Å²) >= 11 is 0. The SMILES string of the molecule is COc1ccc(NC(=O)CNC(=O)[C@@H](N)C(C)C)cc1N1CCCCC1=O.Cl. The van der Waals surface area contributed by atoms with Gasteiger partial charge in [-0.2, -0.15) is 0 Å². The molecule has 156 valence electrons. The van der Waals surface area contributed by atoms with Crippen molar-refractivity contribution in [3.8, 4) is 5.75 Å². The first-order valence-electron chi connectivity index (χ1n) is 9.15. The minimum atomic E-state index is -0.657. The van der Waals surface area contributed by atoms with Crippen molar-refractivity contribution in [2.24, 2.45) is 11.7 Å². The Bertz CT molecular complexity index is 711. The van der Waals surface area contributed by atoms with Crippen LogP contribution in [-0.2, 0) is 14.4 Å². The third-order valence-corrected chi connectivity index (χ3v) is 4.52. The molecule has 0 saturated carbocycles. The smallest absolute Gasteiger partial charge is 0.243 e. The van der Waals surface area contributed by atoms with E-state index in [0.29, 0.717) is 30.1 Å². The van der Waals surface area contributed by atoms with Gasteiger partial charge in [0.15, 0.2) is 0 Å². The van der Waals surface area contributed by atoms with Crippen molar-refractivity contribution in [1.82, 2.24) is 5.32 Å². The molecule has 8 nitrogen and oxygen atoms in total. The van der Waals surface area contributed by atoms with E-state index in [1.165, 1.54) is 0 Å². The zero-order chi connectivity index (χ0) is 20.0. The van der Waals surface area contributed by atoms with Crippen molar-refractivity contribution in [2.45, 2.75) is 39.2 Å². The van der Waals surface area contributed by atoms with Gasteiger partial charge in [0.1, 0.15) is 5.75 Å². The van der Waals surface area contributed by atoms with Gasteiger partial charge in [0.05, 0.1) is 25.4 Å². The average Bonchev–Trinajstić information content (AvgIpc) is 2.65. The molecule has 9 heteroatoms. The van der Waals surface area contributed by atoms with Crippen LogP contribution in [0.2, 0.25) is 0 Å². The number of benzene rings is 1. The molecule has 0 bridgehead atoms. The topological polar surface area (TPSA) is 114 Å². The van der Waals surface area contributed by atoms with Gasteiger partial charge >= 0.3 is 0 Å². The second-order valence-corrected chi connectivity index (χ2v) is 6.92. The van der Waals surface area contributed by atoms with E-state index in [9.17, 15) is 14.4 Å². The van der Waals surface area contributed by atoms with E-state index >= 15 is 0 Å². The molecule has 1 heterocycles. The van der Waals surface area contributed by atoms with E-state index < -0.39 is 6.04 Å². The number of piperidine rings is 1. The lowest BCUT2D eigenvalue weighted by atomic mass is 10.1. The quantitative estimate of drug-likeness (QED) is 0.630. The first-order valence-corrected chi connectivity index (χ1v) is 9.15. The van der Waals surface area contributed by atoms with Crippen LogP contribution in [0, 0.1) is 5.92 Å². The van der Waals surface area contributed by atoms with Gasteiger partial charge in [-0.1, -0.05) is 13.8 Å². The first kappa shape index (κ1) is 23.7. The zero-order valence-electron chi connectivity index (χ0n) is 16.5. The van der Waals surface area contributed by atoms with Crippen LogP contribution in [0.15, 0.2) is 18.2 Å². The fraction of sp³-hybridized carbons (Fsp3) is 0.526. The van der Waals surface area contributed by atoms with Gasteiger partial charge < -0.3 is 26.0 Å². The number of nitrogens with one attached hydrogen (secondary N) is 2. The van der Waals surface area contributed by atoms with Crippen molar-refractivity contribution in [3.05, 3.63) is 18.2 Å². The minimum absolute atomic E-state index is 0. The molecule has 0 spiro atoms. The van der Waals surface area contributed by atoms with Crippen LogP contribution in [-0.4, -0.2) is 44.0 Å². The largest absolute Gasteiger partial charge is 0.495 e. The Morgan fingerprint density at radius 1 is 1.29 bits per heavy atom. The van der Waals surface area contributed by atoms with E-state index in [0.717, 1.165) is 12.8 Å². The van der Waals surface area contributed by atoms with Crippen LogP contribution < -0.4 is 26.0 Å². The van der Waals surface area contributed by atoms with Gasteiger partial charge in [-0.25, -0.2) is 0 Å². The molecule has 0 radical (unpaired) electrons. The number of hydrogen-bond acceptors (Lipinski definition) is 5. The standard InChI is InChI=1S/C19H28N4O4.ClH/c1-12(2)18(20)19(26)21-11-16(24)22-13-7-8-15(27-3)14(10-13)23-9-5-4-6-17(23)25;/h7-8,10,12,18H,4-6,9,11,20H2,1-3H3,(H,21,26)(H,22,24);1H/t18-;/m0./s1. The second-order valence-electron chi connectivity index (χ2n) is 6.92. The predicted molar refractivity (Wildman–Crippen MR) is 111 cm³/mol. The van der Waals surface area contributed by atoms with Crippen molar-refractivity contribution >= 4 is 41.5 Å². The highest BCUT2D eigenvalue weighted by atomic mass is 35.5. The normalized spacial score (nSPS) is 14.9. The lowest BCUT2D eigenvalue weighted by molar-refractivity contribution is -0.125. The van der Waals surface area contributed by atoms with Gasteiger partial charge in [0.2, 0.25) is 17.7 Å². The number of ether oxygens (including phenoxy) is 1. The van der Waals surface area contributed by atoms with Crippen molar-refractivity contribution < 1.29 is 19.1 Å². The van der Waals surface area contributed by atoms with Crippen LogP contribution >= 0.6 is 12.4 Å². The molecule has 1 saturated heterocycles. The molecule has 0 aliphatic carbocycles. The van der Waals surface area contributed by atoms with E-state index in [1.54, 1.807) is 30.2 Å². The van der Waals surface area contributed by atoms with Gasteiger partial charge in [0.25, 0.3) is 0 Å². The van der Waals surface area contributed by atoms with Crippen LogP contribution in [0.25, 0.3) is 0 Å². The highest BCUT2D eigenvalue weighted by Gasteiger charge is 2.23. The Kier molecular flexibility index (Phi) is 9.21. The molecule has 0 unspecified atom stereocenters. The molecule has 3 amide bonds. The Morgan fingerprint density at radius 2 is 2.00 bits per heavy atom. The fourth-order valence-electron chi connectivity index (χ4n) is 2.83. The summed E-state index contributed by atoms with van der Waals surface area (Å²) in [7, 11) is 1.54. The summed E-state index contributed by atoms with van der Waals surface area (Å²) in [6.07, 6.45) is 2.31. The number of methoxy groups -OCH3 is 1. The Labute approximate surface area is 171 Å². The molecule has 1 aromatic carbocycles. The summed E-state index contributed by atoms with van der Waals surface area (Å²) in [6, 6.07) is 4.45. The molecular weight excluding hydrogens is 384 g/mol. The molecule has 1 atom stereocenters. The van der Waals surface area contributed by atoms with Gasteiger partial charge in [-0.3, -0.25) is 14.4 Å². The summed E-state index contributed by atoms with van der Waals surface area (Å²) in [5, 5.41) is 5.25.